The molecule has 0 saturated carbocycles. The van der Waals surface area contributed by atoms with Crippen LogP contribution >= 0.6 is 11.8 Å². The van der Waals surface area contributed by atoms with E-state index in [-0.39, 0.29) is 0 Å². The molecule has 104 valence electrons. The van der Waals surface area contributed by atoms with Gasteiger partial charge in [0.25, 0.3) is 0 Å². The van der Waals surface area contributed by atoms with E-state index in [2.05, 4.69) is 29.7 Å². The first-order valence-corrected chi connectivity index (χ1v) is 8.29. The van der Waals surface area contributed by atoms with Crippen molar-refractivity contribution in [2.24, 2.45) is 11.7 Å². The molecule has 1 aromatic heterocycles. The van der Waals surface area contributed by atoms with Gasteiger partial charge in [0.15, 0.2) is 0 Å². The molecule has 18 heavy (non-hydrogen) atoms. The Morgan fingerprint density at radius 3 is 2.72 bits per heavy atom. The number of rotatable bonds is 9. The second kappa shape index (κ2) is 8.59. The Labute approximate surface area is 116 Å². The van der Waals surface area contributed by atoms with Gasteiger partial charge in [-0.3, -0.25) is 0 Å². The highest BCUT2D eigenvalue weighted by molar-refractivity contribution is 7.98. The predicted octanol–water partition coefficient (Wildman–Crippen LogP) is 3.11. The molecule has 0 radical (unpaired) electrons. The summed E-state index contributed by atoms with van der Waals surface area (Å²) < 4.78 is 2.29. The van der Waals surface area contributed by atoms with Crippen LogP contribution in [-0.2, 0) is 6.54 Å². The fourth-order valence-corrected chi connectivity index (χ4v) is 2.76. The van der Waals surface area contributed by atoms with Crippen LogP contribution in [0.25, 0.3) is 0 Å². The highest BCUT2D eigenvalue weighted by atomic mass is 32.2. The van der Waals surface area contributed by atoms with Gasteiger partial charge in [-0.15, -0.1) is 0 Å². The van der Waals surface area contributed by atoms with Crippen molar-refractivity contribution in [2.45, 2.75) is 45.6 Å². The molecule has 1 aromatic rings. The molecule has 1 rings (SSSR count). The zero-order chi connectivity index (χ0) is 13.4. The summed E-state index contributed by atoms with van der Waals surface area (Å²) in [6, 6.07) is 0. The minimum atomic E-state index is 0.429. The summed E-state index contributed by atoms with van der Waals surface area (Å²) in [5.41, 5.74) is 7.19. The molecule has 0 amide bonds. The van der Waals surface area contributed by atoms with Crippen LogP contribution < -0.4 is 5.73 Å². The molecule has 2 N–H and O–H groups in total. The first-order chi connectivity index (χ1) is 8.70. The molecule has 4 heteroatoms. The highest BCUT2D eigenvalue weighted by Crippen LogP contribution is 2.23. The smallest absolute Gasteiger partial charge is 0.0948 e. The first kappa shape index (κ1) is 15.6. The maximum Gasteiger partial charge on any atom is 0.0948 e. The summed E-state index contributed by atoms with van der Waals surface area (Å²) >= 11 is 1.93. The molecule has 0 aliphatic rings. The molecule has 3 nitrogen and oxygen atoms in total. The number of unbranched alkanes of at least 4 members (excludes halogenated alkanes) is 2. The fourth-order valence-electron chi connectivity index (χ4n) is 2.27. The molecule has 0 aromatic carbocycles. The molecule has 0 aliphatic carbocycles. The van der Waals surface area contributed by atoms with Crippen LogP contribution in [0.1, 0.15) is 44.7 Å². The van der Waals surface area contributed by atoms with Crippen molar-refractivity contribution in [1.29, 1.82) is 0 Å². The Morgan fingerprint density at radius 1 is 1.33 bits per heavy atom. The number of thioether (sulfide) groups is 1. The maximum absolute atomic E-state index is 5.88. The monoisotopic (exact) mass is 269 g/mol. The van der Waals surface area contributed by atoms with Gasteiger partial charge in [-0.25, -0.2) is 4.98 Å². The summed E-state index contributed by atoms with van der Waals surface area (Å²) in [5, 5.41) is 0. The molecule has 0 bridgehead atoms. The lowest BCUT2D eigenvalue weighted by Crippen LogP contribution is -2.21. The van der Waals surface area contributed by atoms with E-state index >= 15 is 0 Å². The average molecular weight is 269 g/mol. The Hall–Kier alpha value is -0.480. The number of hydrogen-bond donors (Lipinski definition) is 1. The Bertz CT molecular complexity index is 323. The quantitative estimate of drug-likeness (QED) is 0.701. The molecule has 1 atom stereocenters. The van der Waals surface area contributed by atoms with Gasteiger partial charge >= 0.3 is 0 Å². The third kappa shape index (κ3) is 4.65. The lowest BCUT2D eigenvalue weighted by Gasteiger charge is -2.20. The maximum atomic E-state index is 5.88. The van der Waals surface area contributed by atoms with E-state index in [0.717, 1.165) is 6.54 Å². The second-order valence-electron chi connectivity index (χ2n) is 5.15. The van der Waals surface area contributed by atoms with E-state index in [0.29, 0.717) is 18.4 Å². The van der Waals surface area contributed by atoms with Gasteiger partial charge in [0.05, 0.1) is 6.33 Å². The number of nitrogens with two attached hydrogens (primary N) is 1. The number of aryl methyl sites for hydroxylation is 1. The van der Waals surface area contributed by atoms with Gasteiger partial charge in [0, 0.05) is 30.9 Å². The van der Waals surface area contributed by atoms with Crippen LogP contribution in [0, 0.1) is 5.92 Å². The van der Waals surface area contributed by atoms with Crippen LogP contribution in [0.5, 0.6) is 0 Å². The third-order valence-electron chi connectivity index (χ3n) is 3.43. The van der Waals surface area contributed by atoms with Gasteiger partial charge in [0.2, 0.25) is 0 Å². The summed E-state index contributed by atoms with van der Waals surface area (Å²) in [7, 11) is 0. The van der Waals surface area contributed by atoms with Crippen molar-refractivity contribution >= 4 is 11.8 Å². The molecule has 0 spiro atoms. The average Bonchev–Trinajstić information content (AvgIpc) is 2.78. The van der Waals surface area contributed by atoms with E-state index in [4.69, 9.17) is 5.73 Å². The van der Waals surface area contributed by atoms with Gasteiger partial charge in [-0.1, -0.05) is 20.3 Å². The Kier molecular flexibility index (Phi) is 7.44. The van der Waals surface area contributed by atoms with Crippen molar-refractivity contribution in [3.05, 3.63) is 18.2 Å². The van der Waals surface area contributed by atoms with Gasteiger partial charge < -0.3 is 10.3 Å². The SMILES string of the molecule is CSCCCCCn1cncc1C(CN)C(C)C. The summed E-state index contributed by atoms with van der Waals surface area (Å²) in [6.45, 7) is 6.24. The summed E-state index contributed by atoms with van der Waals surface area (Å²) in [6.07, 6.45) is 9.96. The Balaban J connectivity index is 2.49. The number of imidazole rings is 1. The van der Waals surface area contributed by atoms with Gasteiger partial charge in [-0.2, -0.15) is 11.8 Å². The predicted molar refractivity (Wildman–Crippen MR) is 81.1 cm³/mol. The van der Waals surface area contributed by atoms with Crippen molar-refractivity contribution in [3.63, 3.8) is 0 Å². The summed E-state index contributed by atoms with van der Waals surface area (Å²) in [4.78, 5) is 4.29. The second-order valence-corrected chi connectivity index (χ2v) is 6.14. The topological polar surface area (TPSA) is 43.8 Å². The van der Waals surface area contributed by atoms with E-state index in [9.17, 15) is 0 Å². The molecule has 0 fully saturated rings. The molecule has 0 saturated heterocycles. The minimum absolute atomic E-state index is 0.429. The fraction of sp³-hybridized carbons (Fsp3) is 0.786. The van der Waals surface area contributed by atoms with Crippen LogP contribution in [0.4, 0.5) is 0 Å². The van der Waals surface area contributed by atoms with Crippen molar-refractivity contribution < 1.29 is 0 Å². The highest BCUT2D eigenvalue weighted by Gasteiger charge is 2.17. The van der Waals surface area contributed by atoms with Gasteiger partial charge in [-0.05, 0) is 30.8 Å². The van der Waals surface area contributed by atoms with Crippen LogP contribution in [0.2, 0.25) is 0 Å². The van der Waals surface area contributed by atoms with Crippen LogP contribution in [0.15, 0.2) is 12.5 Å². The lowest BCUT2D eigenvalue weighted by atomic mass is 9.93. The van der Waals surface area contributed by atoms with E-state index in [1.54, 1.807) is 0 Å². The molecular formula is C14H27N3S. The van der Waals surface area contributed by atoms with Crippen molar-refractivity contribution in [1.82, 2.24) is 9.55 Å². The third-order valence-corrected chi connectivity index (χ3v) is 4.13. The molecule has 0 aliphatic heterocycles. The molecule has 1 unspecified atom stereocenters. The van der Waals surface area contributed by atoms with E-state index in [1.807, 2.05) is 24.3 Å². The van der Waals surface area contributed by atoms with Crippen LogP contribution in [-0.4, -0.2) is 28.1 Å². The number of aromatic nitrogens is 2. The normalized spacial score (nSPS) is 13.2. The van der Waals surface area contributed by atoms with Crippen molar-refractivity contribution in [2.75, 3.05) is 18.6 Å². The van der Waals surface area contributed by atoms with Crippen LogP contribution in [0.3, 0.4) is 0 Å². The van der Waals surface area contributed by atoms with Crippen molar-refractivity contribution in [3.8, 4) is 0 Å². The zero-order valence-corrected chi connectivity index (χ0v) is 12.7. The summed E-state index contributed by atoms with van der Waals surface area (Å²) in [5.74, 6) is 2.27. The standard InChI is InChI=1S/C14H27N3S/c1-12(2)13(9-15)14-10-16-11-17(14)7-5-4-6-8-18-3/h10-13H,4-9,15H2,1-3H3. The van der Waals surface area contributed by atoms with E-state index < -0.39 is 0 Å². The minimum Gasteiger partial charge on any atom is -0.334 e. The lowest BCUT2D eigenvalue weighted by molar-refractivity contribution is 0.465. The first-order valence-electron chi connectivity index (χ1n) is 6.89. The zero-order valence-electron chi connectivity index (χ0n) is 11.9. The molecular weight excluding hydrogens is 242 g/mol. The van der Waals surface area contributed by atoms with Gasteiger partial charge in [0.1, 0.15) is 0 Å². The largest absolute Gasteiger partial charge is 0.334 e. The molecule has 1 heterocycles. The number of nitrogens with zero attached hydrogens (tertiary/aromatic N) is 2. The van der Waals surface area contributed by atoms with E-state index in [1.165, 1.54) is 30.7 Å². The Morgan fingerprint density at radius 2 is 2.11 bits per heavy atom. The number of hydrogen-bond acceptors (Lipinski definition) is 3.